The van der Waals surface area contributed by atoms with Gasteiger partial charge in [0.25, 0.3) is 0 Å². The van der Waals surface area contributed by atoms with Gasteiger partial charge in [0, 0.05) is 71.4 Å². The van der Waals surface area contributed by atoms with Gasteiger partial charge in [-0.15, -0.1) is 0 Å². The lowest BCUT2D eigenvalue weighted by Crippen LogP contribution is -2.25. The van der Waals surface area contributed by atoms with E-state index in [0.29, 0.717) is 0 Å². The molecule has 107 heavy (non-hydrogen) atoms. The largest absolute Gasteiger partial charge is 0.455 e. The number of anilines is 3. The minimum Gasteiger partial charge on any atom is -0.455 e. The second kappa shape index (κ2) is 26.0. The van der Waals surface area contributed by atoms with Crippen LogP contribution in [-0.4, -0.2) is 0 Å². The summed E-state index contributed by atoms with van der Waals surface area (Å²) in [4.78, 5) is 2.52. The zero-order chi connectivity index (χ0) is 72.5. The number of fused-ring (bicyclic) bond motifs is 20. The van der Waals surface area contributed by atoms with Crippen molar-refractivity contribution in [2.75, 3.05) is 4.90 Å². The van der Waals surface area contributed by atoms with Gasteiger partial charge in [0.05, 0.1) is 0 Å². The van der Waals surface area contributed by atoms with E-state index in [1.165, 1.54) is 201 Å². The molecule has 2 aromatic heterocycles. The fraction of sp³-hybridized carbons (Fsp3) is 0.250. The average Bonchev–Trinajstić information content (AvgIpc) is 1.55. The molecule has 13 aromatic carbocycles. The molecular formula is C104H95NO2. The Balaban J connectivity index is 0.696. The summed E-state index contributed by atoms with van der Waals surface area (Å²) in [5.74, 6) is 0. The zero-order valence-electron chi connectivity index (χ0n) is 63.5. The van der Waals surface area contributed by atoms with Gasteiger partial charge in [-0.1, -0.05) is 314 Å². The molecule has 0 bridgehead atoms. The van der Waals surface area contributed by atoms with Crippen LogP contribution in [0.4, 0.5) is 17.1 Å². The summed E-state index contributed by atoms with van der Waals surface area (Å²) in [5.41, 5.74) is 37.5. The molecule has 3 nitrogen and oxygen atoms in total. The summed E-state index contributed by atoms with van der Waals surface area (Å²) in [6, 6.07) is 99.3. The van der Waals surface area contributed by atoms with Crippen LogP contribution in [0.1, 0.15) is 190 Å². The van der Waals surface area contributed by atoms with Crippen molar-refractivity contribution in [3.8, 4) is 89.0 Å². The SMILES string of the molecule is CCCCCCCCC1(CCCCCCCC)c2ccccc2-c2ccc(-c3ccc4c(c3)C(C)(C)c3cc(-c5ccc(N(c6ccc7c(c6)C(C)(C)c6cc(-c8ccccc8)c8oc9ccccc9c8c6-7)c6ccc7c(c6)C(C)(C)c6cc(-c8ccccc8)c8oc9ccccc9c8c6-7)cc5)ccc3-4)cc21. The van der Waals surface area contributed by atoms with Crippen LogP contribution in [0.15, 0.2) is 270 Å². The van der Waals surface area contributed by atoms with Crippen LogP contribution < -0.4 is 4.90 Å². The maximum absolute atomic E-state index is 6.92. The number of para-hydroxylation sites is 2. The number of benzene rings is 13. The number of hydrogen-bond donors (Lipinski definition) is 0. The lowest BCUT2D eigenvalue weighted by molar-refractivity contribution is 0.398. The Morgan fingerprint density at radius 3 is 1.12 bits per heavy atom. The average molecular weight is 1390 g/mol. The van der Waals surface area contributed by atoms with Crippen LogP contribution >= 0.6 is 0 Å². The molecule has 4 aliphatic carbocycles. The van der Waals surface area contributed by atoms with E-state index in [0.717, 1.165) is 72.4 Å². The van der Waals surface area contributed by atoms with E-state index in [9.17, 15) is 0 Å². The maximum atomic E-state index is 6.92. The first-order chi connectivity index (χ1) is 52.2. The summed E-state index contributed by atoms with van der Waals surface area (Å²) in [5, 5.41) is 4.66. The number of furan rings is 2. The third kappa shape index (κ3) is 10.6. The van der Waals surface area contributed by atoms with Crippen molar-refractivity contribution in [3.63, 3.8) is 0 Å². The van der Waals surface area contributed by atoms with Crippen molar-refractivity contribution in [3.05, 3.63) is 305 Å². The van der Waals surface area contributed by atoms with Gasteiger partial charge in [-0.25, -0.2) is 0 Å². The highest BCUT2D eigenvalue weighted by atomic mass is 16.3. The van der Waals surface area contributed by atoms with E-state index in [4.69, 9.17) is 8.83 Å². The lowest BCUT2D eigenvalue weighted by atomic mass is 9.70. The molecule has 0 spiro atoms. The molecule has 0 N–H and O–H groups in total. The smallest absolute Gasteiger partial charge is 0.143 e. The van der Waals surface area contributed by atoms with E-state index in [1.807, 2.05) is 0 Å². The highest BCUT2D eigenvalue weighted by Crippen LogP contribution is 2.61. The summed E-state index contributed by atoms with van der Waals surface area (Å²) >= 11 is 0. The van der Waals surface area contributed by atoms with Crippen LogP contribution in [0.2, 0.25) is 0 Å². The molecule has 0 fully saturated rings. The zero-order valence-corrected chi connectivity index (χ0v) is 63.5. The van der Waals surface area contributed by atoms with Gasteiger partial charge in [-0.05, 0) is 214 Å². The third-order valence-corrected chi connectivity index (χ3v) is 25.9. The predicted octanol–water partition coefficient (Wildman–Crippen LogP) is 30.3. The van der Waals surface area contributed by atoms with Gasteiger partial charge in [-0.3, -0.25) is 0 Å². The van der Waals surface area contributed by atoms with Crippen molar-refractivity contribution < 1.29 is 8.83 Å². The summed E-state index contributed by atoms with van der Waals surface area (Å²) < 4.78 is 13.8. The van der Waals surface area contributed by atoms with E-state index < -0.39 is 0 Å². The summed E-state index contributed by atoms with van der Waals surface area (Å²) in [7, 11) is 0. The van der Waals surface area contributed by atoms with Crippen molar-refractivity contribution in [1.29, 1.82) is 0 Å². The maximum Gasteiger partial charge on any atom is 0.143 e. The Kier molecular flexibility index (Phi) is 16.3. The second-order valence-corrected chi connectivity index (χ2v) is 33.2. The minimum atomic E-state index is -0.354. The monoisotopic (exact) mass is 1390 g/mol. The standard InChI is InChI=1S/C104H95NO2/c1-9-11-13-15-17-31-57-104(58-32-18-16-14-12-10-2)85-40-28-25-37-75(85)78-54-47-71(61-90(78)104)70-46-53-77-76-52-45-69(59-86(76)101(3,4)87(77)60-70)66-43-48-72(49-44-66)105(73-50-55-79-88(62-73)102(5,6)91-64-83(67-33-21-19-22-34-67)99-97(95(79)91)81-38-26-29-41-93(81)106-99)74-51-56-80-89(63-74)103(7,8)92-65-84(68-35-23-20-24-36-68)100-98(96(80)92)82-39-27-30-42-94(82)107-100/h19-30,33-56,59-65H,9-18,31-32,57-58H2,1-8H3. The van der Waals surface area contributed by atoms with Gasteiger partial charge < -0.3 is 13.7 Å². The molecule has 0 saturated heterocycles. The van der Waals surface area contributed by atoms with Gasteiger partial charge in [0.2, 0.25) is 0 Å². The minimum absolute atomic E-state index is 0.0348. The molecule has 0 amide bonds. The Morgan fingerprint density at radius 1 is 0.262 bits per heavy atom. The van der Waals surface area contributed by atoms with Crippen LogP contribution in [0, 0.1) is 0 Å². The summed E-state index contributed by atoms with van der Waals surface area (Å²) in [6.07, 6.45) is 18.3. The fourth-order valence-corrected chi connectivity index (χ4v) is 20.2. The molecule has 0 aliphatic heterocycles. The van der Waals surface area contributed by atoms with Crippen LogP contribution in [0.3, 0.4) is 0 Å². The van der Waals surface area contributed by atoms with Crippen molar-refractivity contribution in [2.24, 2.45) is 0 Å². The van der Waals surface area contributed by atoms with Crippen LogP contribution in [0.5, 0.6) is 0 Å². The molecular weight excluding hydrogens is 1300 g/mol. The first-order valence-corrected chi connectivity index (χ1v) is 40.1. The highest BCUT2D eigenvalue weighted by Gasteiger charge is 2.45. The number of rotatable bonds is 21. The molecule has 4 aliphatic rings. The van der Waals surface area contributed by atoms with Gasteiger partial charge in [0.15, 0.2) is 0 Å². The van der Waals surface area contributed by atoms with E-state index in [-0.39, 0.29) is 21.7 Å². The van der Waals surface area contributed by atoms with Crippen molar-refractivity contribution >= 4 is 60.9 Å². The third-order valence-electron chi connectivity index (χ3n) is 25.9. The summed E-state index contributed by atoms with van der Waals surface area (Å²) in [6.45, 7) is 19.2. The number of nitrogens with zero attached hydrogens (tertiary/aromatic N) is 1. The first kappa shape index (κ1) is 66.9. The molecule has 0 unspecified atom stereocenters. The second-order valence-electron chi connectivity index (χ2n) is 33.2. The quantitative estimate of drug-likeness (QED) is 0.0672. The normalized spacial score (nSPS) is 14.8. The van der Waals surface area contributed by atoms with Gasteiger partial charge in [-0.2, -0.15) is 0 Å². The number of hydrogen-bond acceptors (Lipinski definition) is 3. The first-order valence-electron chi connectivity index (χ1n) is 40.1. The molecule has 528 valence electrons. The molecule has 15 aromatic rings. The molecule has 3 heteroatoms. The Labute approximate surface area is 632 Å². The predicted molar refractivity (Wildman–Crippen MR) is 452 cm³/mol. The van der Waals surface area contributed by atoms with E-state index in [1.54, 1.807) is 11.1 Å². The van der Waals surface area contributed by atoms with Gasteiger partial charge in [0.1, 0.15) is 22.3 Å². The van der Waals surface area contributed by atoms with E-state index in [2.05, 4.69) is 321 Å². The Morgan fingerprint density at radius 2 is 0.626 bits per heavy atom. The van der Waals surface area contributed by atoms with Crippen molar-refractivity contribution in [1.82, 2.24) is 0 Å². The van der Waals surface area contributed by atoms with Crippen molar-refractivity contribution in [2.45, 2.75) is 167 Å². The molecule has 0 radical (unpaired) electrons. The Hall–Kier alpha value is -10.7. The lowest BCUT2D eigenvalue weighted by Gasteiger charge is -2.33. The number of unbranched alkanes of at least 4 members (excludes halogenated alkanes) is 10. The van der Waals surface area contributed by atoms with Gasteiger partial charge >= 0.3 is 0 Å². The Bertz CT molecular complexity index is 5770. The fourth-order valence-electron chi connectivity index (χ4n) is 20.2. The molecule has 2 heterocycles. The van der Waals surface area contributed by atoms with Crippen LogP contribution in [-0.2, 0) is 21.7 Å². The molecule has 0 saturated carbocycles. The molecule has 19 rings (SSSR count). The van der Waals surface area contributed by atoms with E-state index >= 15 is 0 Å². The topological polar surface area (TPSA) is 29.5 Å². The van der Waals surface area contributed by atoms with Crippen LogP contribution in [0.25, 0.3) is 133 Å². The molecule has 0 atom stereocenters. The highest BCUT2D eigenvalue weighted by molar-refractivity contribution is 6.20.